The molecular formula is C14H12BrN3. The zero-order valence-electron chi connectivity index (χ0n) is 9.87. The molecule has 18 heavy (non-hydrogen) atoms. The normalized spacial score (nSPS) is 9.83. The molecule has 90 valence electrons. The number of hydrogen-bond acceptors (Lipinski definition) is 3. The number of nitrogens with one attached hydrogen (secondary N) is 1. The first kappa shape index (κ1) is 12.5. The van der Waals surface area contributed by atoms with E-state index in [4.69, 9.17) is 11.0 Å². The van der Waals surface area contributed by atoms with E-state index in [0.29, 0.717) is 5.56 Å². The van der Waals surface area contributed by atoms with Gasteiger partial charge in [-0.1, -0.05) is 6.07 Å². The molecule has 2 aromatic carbocycles. The highest BCUT2D eigenvalue weighted by Crippen LogP contribution is 2.30. The van der Waals surface area contributed by atoms with Gasteiger partial charge in [0.15, 0.2) is 0 Å². The van der Waals surface area contributed by atoms with Gasteiger partial charge in [-0.05, 0) is 58.7 Å². The van der Waals surface area contributed by atoms with E-state index in [1.807, 2.05) is 31.2 Å². The second kappa shape index (κ2) is 5.11. The summed E-state index contributed by atoms with van der Waals surface area (Å²) in [6.07, 6.45) is 0. The molecule has 0 radical (unpaired) electrons. The smallest absolute Gasteiger partial charge is 0.0992 e. The molecule has 0 fully saturated rings. The number of benzene rings is 2. The molecule has 2 rings (SSSR count). The van der Waals surface area contributed by atoms with Crippen LogP contribution in [0.15, 0.2) is 40.9 Å². The number of hydrogen-bond donors (Lipinski definition) is 2. The van der Waals surface area contributed by atoms with Crippen LogP contribution in [0.4, 0.5) is 17.1 Å². The van der Waals surface area contributed by atoms with Gasteiger partial charge in [0.05, 0.1) is 17.3 Å². The van der Waals surface area contributed by atoms with Crippen molar-refractivity contribution in [1.29, 1.82) is 5.26 Å². The molecule has 0 aliphatic rings. The summed E-state index contributed by atoms with van der Waals surface area (Å²) in [4.78, 5) is 0. The number of nitrogens with zero attached hydrogens (tertiary/aromatic N) is 1. The van der Waals surface area contributed by atoms with Crippen LogP contribution in [0.5, 0.6) is 0 Å². The Morgan fingerprint density at radius 2 is 2.06 bits per heavy atom. The second-order valence-corrected chi connectivity index (χ2v) is 4.86. The third kappa shape index (κ3) is 2.63. The lowest BCUT2D eigenvalue weighted by Gasteiger charge is -2.11. The first-order valence-corrected chi connectivity index (χ1v) is 6.22. The Labute approximate surface area is 114 Å². The Morgan fingerprint density at radius 3 is 2.78 bits per heavy atom. The van der Waals surface area contributed by atoms with Gasteiger partial charge in [0.1, 0.15) is 0 Å². The topological polar surface area (TPSA) is 61.8 Å². The molecule has 0 atom stereocenters. The van der Waals surface area contributed by atoms with E-state index >= 15 is 0 Å². The third-order valence-electron chi connectivity index (χ3n) is 2.63. The van der Waals surface area contributed by atoms with Gasteiger partial charge in [-0.2, -0.15) is 5.26 Å². The minimum atomic E-state index is 0.628. The standard InChI is InChI=1S/C14H12BrN3/c1-9-5-14(12(15)7-13(9)17)18-11-4-2-3-10(6-11)8-16/h2-7,18H,17H2,1H3. The fourth-order valence-corrected chi connectivity index (χ4v) is 2.07. The molecule has 0 aliphatic heterocycles. The van der Waals surface area contributed by atoms with Gasteiger partial charge in [0.25, 0.3) is 0 Å². The monoisotopic (exact) mass is 301 g/mol. The number of aryl methyl sites for hydroxylation is 1. The molecule has 0 saturated heterocycles. The minimum absolute atomic E-state index is 0.628. The summed E-state index contributed by atoms with van der Waals surface area (Å²) in [7, 11) is 0. The number of anilines is 3. The zero-order valence-corrected chi connectivity index (χ0v) is 11.5. The van der Waals surface area contributed by atoms with Crippen LogP contribution >= 0.6 is 15.9 Å². The van der Waals surface area contributed by atoms with E-state index in [-0.39, 0.29) is 0 Å². The summed E-state index contributed by atoms with van der Waals surface area (Å²) >= 11 is 3.47. The molecule has 2 aromatic rings. The maximum atomic E-state index is 8.86. The van der Waals surface area contributed by atoms with Crippen molar-refractivity contribution in [1.82, 2.24) is 0 Å². The SMILES string of the molecule is Cc1cc(Nc2cccc(C#N)c2)c(Br)cc1N. The highest BCUT2D eigenvalue weighted by Gasteiger charge is 2.04. The van der Waals surface area contributed by atoms with Crippen LogP contribution in [-0.4, -0.2) is 0 Å². The van der Waals surface area contributed by atoms with Crippen LogP contribution < -0.4 is 11.1 Å². The van der Waals surface area contributed by atoms with E-state index in [2.05, 4.69) is 27.3 Å². The van der Waals surface area contributed by atoms with Crippen molar-refractivity contribution in [2.24, 2.45) is 0 Å². The predicted molar refractivity (Wildman–Crippen MR) is 77.7 cm³/mol. The van der Waals surface area contributed by atoms with Gasteiger partial charge >= 0.3 is 0 Å². The molecule has 3 nitrogen and oxygen atoms in total. The average molecular weight is 302 g/mol. The lowest BCUT2D eigenvalue weighted by atomic mass is 10.1. The van der Waals surface area contributed by atoms with E-state index in [1.54, 1.807) is 12.1 Å². The van der Waals surface area contributed by atoms with Gasteiger partial charge < -0.3 is 11.1 Å². The van der Waals surface area contributed by atoms with E-state index in [9.17, 15) is 0 Å². The van der Waals surface area contributed by atoms with Gasteiger partial charge in [-0.15, -0.1) is 0 Å². The zero-order chi connectivity index (χ0) is 13.1. The molecule has 0 aliphatic carbocycles. The van der Waals surface area contributed by atoms with Crippen molar-refractivity contribution < 1.29 is 0 Å². The van der Waals surface area contributed by atoms with Crippen molar-refractivity contribution in [3.63, 3.8) is 0 Å². The molecule has 4 heteroatoms. The quantitative estimate of drug-likeness (QED) is 0.826. The second-order valence-electron chi connectivity index (χ2n) is 4.01. The Hall–Kier alpha value is -1.99. The van der Waals surface area contributed by atoms with Crippen LogP contribution in [0.25, 0.3) is 0 Å². The fraction of sp³-hybridized carbons (Fsp3) is 0.0714. The Balaban J connectivity index is 2.34. The summed E-state index contributed by atoms with van der Waals surface area (Å²) in [6.45, 7) is 1.96. The number of nitrogen functional groups attached to an aromatic ring is 1. The predicted octanol–water partition coefficient (Wildman–Crippen LogP) is 3.96. The van der Waals surface area contributed by atoms with Gasteiger partial charge in [-0.3, -0.25) is 0 Å². The first-order valence-electron chi connectivity index (χ1n) is 5.43. The Morgan fingerprint density at radius 1 is 1.28 bits per heavy atom. The van der Waals surface area contributed by atoms with Crippen LogP contribution in [0.1, 0.15) is 11.1 Å². The molecule has 0 unspecified atom stereocenters. The van der Waals surface area contributed by atoms with Crippen molar-refractivity contribution in [3.05, 3.63) is 52.0 Å². The first-order chi connectivity index (χ1) is 8.60. The highest BCUT2D eigenvalue weighted by molar-refractivity contribution is 9.10. The fourth-order valence-electron chi connectivity index (χ4n) is 1.61. The number of nitrogens with two attached hydrogens (primary N) is 1. The molecule has 0 amide bonds. The molecule has 0 heterocycles. The largest absolute Gasteiger partial charge is 0.398 e. The van der Waals surface area contributed by atoms with Crippen LogP contribution in [0, 0.1) is 18.3 Å². The van der Waals surface area contributed by atoms with E-state index < -0.39 is 0 Å². The van der Waals surface area contributed by atoms with Crippen LogP contribution in [0.3, 0.4) is 0 Å². The van der Waals surface area contributed by atoms with Crippen LogP contribution in [0.2, 0.25) is 0 Å². The van der Waals surface area contributed by atoms with Crippen molar-refractivity contribution in [3.8, 4) is 6.07 Å². The third-order valence-corrected chi connectivity index (χ3v) is 3.28. The molecule has 0 bridgehead atoms. The van der Waals surface area contributed by atoms with E-state index in [0.717, 1.165) is 27.1 Å². The number of halogens is 1. The van der Waals surface area contributed by atoms with Gasteiger partial charge in [-0.25, -0.2) is 0 Å². The Bertz CT molecular complexity index is 629. The summed E-state index contributed by atoms with van der Waals surface area (Å²) in [5.41, 5.74) is 10.0. The maximum Gasteiger partial charge on any atom is 0.0992 e. The Kier molecular flexibility index (Phi) is 3.54. The lowest BCUT2D eigenvalue weighted by Crippen LogP contribution is -1.96. The summed E-state index contributed by atoms with van der Waals surface area (Å²) in [5, 5.41) is 12.1. The minimum Gasteiger partial charge on any atom is -0.398 e. The van der Waals surface area contributed by atoms with Gasteiger partial charge in [0.2, 0.25) is 0 Å². The summed E-state index contributed by atoms with van der Waals surface area (Å²) in [6, 6.07) is 13.3. The van der Waals surface area contributed by atoms with Crippen LogP contribution in [-0.2, 0) is 0 Å². The van der Waals surface area contributed by atoms with Crippen molar-refractivity contribution in [2.45, 2.75) is 6.92 Å². The molecule has 0 saturated carbocycles. The van der Waals surface area contributed by atoms with Gasteiger partial charge in [0, 0.05) is 15.8 Å². The van der Waals surface area contributed by atoms with Crippen molar-refractivity contribution in [2.75, 3.05) is 11.1 Å². The average Bonchev–Trinajstić information content (AvgIpc) is 2.36. The molecule has 3 N–H and O–H groups in total. The molecule has 0 spiro atoms. The maximum absolute atomic E-state index is 8.86. The molecular weight excluding hydrogens is 290 g/mol. The van der Waals surface area contributed by atoms with Crippen molar-refractivity contribution >= 4 is 33.0 Å². The summed E-state index contributed by atoms with van der Waals surface area (Å²) in [5.74, 6) is 0. The number of rotatable bonds is 2. The highest BCUT2D eigenvalue weighted by atomic mass is 79.9. The number of nitriles is 1. The summed E-state index contributed by atoms with van der Waals surface area (Å²) < 4.78 is 0.896. The van der Waals surface area contributed by atoms with E-state index in [1.165, 1.54) is 0 Å². The molecule has 0 aromatic heterocycles. The lowest BCUT2D eigenvalue weighted by molar-refractivity contribution is 1.42.